The molecule has 0 spiro atoms. The van der Waals surface area contributed by atoms with Gasteiger partial charge in [-0.3, -0.25) is 0 Å². The maximum Gasteiger partial charge on any atom is 0.123 e. The van der Waals surface area contributed by atoms with Crippen molar-refractivity contribution in [2.24, 2.45) is 5.41 Å². The first-order valence-electron chi connectivity index (χ1n) is 7.09. The van der Waals surface area contributed by atoms with Gasteiger partial charge in [-0.15, -0.1) is 0 Å². The number of rotatable bonds is 6. The second kappa shape index (κ2) is 6.27. The molecule has 1 fully saturated rings. The van der Waals surface area contributed by atoms with Crippen molar-refractivity contribution in [3.05, 3.63) is 28.2 Å². The fourth-order valence-corrected chi connectivity index (χ4v) is 2.24. The topological polar surface area (TPSA) is 21.3 Å². The first-order chi connectivity index (χ1) is 8.94. The largest absolute Gasteiger partial charge is 0.493 e. The van der Waals surface area contributed by atoms with Gasteiger partial charge in [0.25, 0.3) is 0 Å². The Bertz CT molecular complexity index is 421. The zero-order valence-electron chi connectivity index (χ0n) is 12.1. The number of ether oxygens (including phenoxy) is 1. The van der Waals surface area contributed by atoms with Crippen molar-refractivity contribution in [3.63, 3.8) is 0 Å². The fourth-order valence-electron chi connectivity index (χ4n) is 1.84. The summed E-state index contributed by atoms with van der Waals surface area (Å²) in [6.45, 7) is 8.41. The van der Waals surface area contributed by atoms with E-state index in [1.54, 1.807) is 0 Å². The van der Waals surface area contributed by atoms with Crippen LogP contribution >= 0.6 is 15.9 Å². The molecule has 0 heterocycles. The van der Waals surface area contributed by atoms with E-state index in [0.29, 0.717) is 5.41 Å². The second-order valence-corrected chi connectivity index (χ2v) is 7.48. The van der Waals surface area contributed by atoms with Crippen LogP contribution in [0.1, 0.15) is 45.6 Å². The molecule has 1 aromatic carbocycles. The van der Waals surface area contributed by atoms with Gasteiger partial charge in [0.1, 0.15) is 5.75 Å². The van der Waals surface area contributed by atoms with Crippen molar-refractivity contribution in [3.8, 4) is 5.75 Å². The lowest BCUT2D eigenvalue weighted by Crippen LogP contribution is -2.17. The Morgan fingerprint density at radius 2 is 2.05 bits per heavy atom. The van der Waals surface area contributed by atoms with Crippen molar-refractivity contribution in [2.75, 3.05) is 6.61 Å². The highest BCUT2D eigenvalue weighted by atomic mass is 79.9. The normalized spacial score (nSPS) is 15.6. The predicted molar refractivity (Wildman–Crippen MR) is 83.6 cm³/mol. The van der Waals surface area contributed by atoms with Gasteiger partial charge in [-0.1, -0.05) is 36.7 Å². The summed E-state index contributed by atoms with van der Waals surface area (Å²) in [4.78, 5) is 0. The van der Waals surface area contributed by atoms with Crippen LogP contribution in [0.25, 0.3) is 0 Å². The molecule has 2 rings (SSSR count). The first kappa shape index (κ1) is 14.9. The van der Waals surface area contributed by atoms with E-state index < -0.39 is 0 Å². The molecule has 1 aliphatic rings. The summed E-state index contributed by atoms with van der Waals surface area (Å²) in [5.74, 6) is 1.01. The van der Waals surface area contributed by atoms with Crippen LogP contribution in [-0.2, 0) is 6.54 Å². The van der Waals surface area contributed by atoms with Gasteiger partial charge in [0.15, 0.2) is 0 Å². The van der Waals surface area contributed by atoms with Crippen LogP contribution in [0.2, 0.25) is 0 Å². The first-order valence-corrected chi connectivity index (χ1v) is 7.88. The number of nitrogens with one attached hydrogen (secondary N) is 1. The number of benzene rings is 1. The van der Waals surface area contributed by atoms with Crippen molar-refractivity contribution in [1.29, 1.82) is 0 Å². The molecule has 0 atom stereocenters. The van der Waals surface area contributed by atoms with Crippen molar-refractivity contribution >= 4 is 15.9 Å². The Labute approximate surface area is 125 Å². The predicted octanol–water partition coefficient (Wildman–Crippen LogP) is 4.52. The Kier molecular flexibility index (Phi) is 4.91. The van der Waals surface area contributed by atoms with Crippen LogP contribution in [0, 0.1) is 5.41 Å². The molecule has 0 aliphatic heterocycles. The third kappa shape index (κ3) is 5.53. The Morgan fingerprint density at radius 1 is 1.32 bits per heavy atom. The van der Waals surface area contributed by atoms with Crippen LogP contribution in [0.3, 0.4) is 0 Å². The van der Waals surface area contributed by atoms with Crippen LogP contribution in [0.15, 0.2) is 22.7 Å². The fraction of sp³-hybridized carbons (Fsp3) is 0.625. The monoisotopic (exact) mass is 325 g/mol. The quantitative estimate of drug-likeness (QED) is 0.830. The van der Waals surface area contributed by atoms with Crippen LogP contribution in [-0.4, -0.2) is 12.6 Å². The van der Waals surface area contributed by atoms with Gasteiger partial charge in [-0.25, -0.2) is 0 Å². The zero-order chi connectivity index (χ0) is 13.9. The molecule has 3 heteroatoms. The van der Waals surface area contributed by atoms with Gasteiger partial charge in [0.2, 0.25) is 0 Å². The third-order valence-corrected chi connectivity index (χ3v) is 3.78. The average molecular weight is 326 g/mol. The molecule has 1 N–H and O–H groups in total. The van der Waals surface area contributed by atoms with E-state index in [1.165, 1.54) is 18.4 Å². The van der Waals surface area contributed by atoms with Crippen molar-refractivity contribution in [1.82, 2.24) is 5.32 Å². The van der Waals surface area contributed by atoms with E-state index in [0.717, 1.165) is 35.8 Å². The molecular formula is C16H24BrNO. The molecule has 0 unspecified atom stereocenters. The summed E-state index contributed by atoms with van der Waals surface area (Å²) in [7, 11) is 0. The summed E-state index contributed by atoms with van der Waals surface area (Å²) < 4.78 is 7.07. The van der Waals surface area contributed by atoms with Gasteiger partial charge >= 0.3 is 0 Å². The van der Waals surface area contributed by atoms with Crippen molar-refractivity contribution in [2.45, 2.75) is 52.6 Å². The Hall–Kier alpha value is -0.540. The zero-order valence-corrected chi connectivity index (χ0v) is 13.7. The van der Waals surface area contributed by atoms with Gasteiger partial charge in [0.05, 0.1) is 6.61 Å². The molecular weight excluding hydrogens is 302 g/mol. The molecule has 0 amide bonds. The van der Waals surface area contributed by atoms with Gasteiger partial charge in [-0.2, -0.15) is 0 Å². The minimum atomic E-state index is 0.321. The summed E-state index contributed by atoms with van der Waals surface area (Å²) in [6.07, 6.45) is 3.70. The van der Waals surface area contributed by atoms with E-state index in [9.17, 15) is 0 Å². The summed E-state index contributed by atoms with van der Waals surface area (Å²) >= 11 is 3.54. The average Bonchev–Trinajstić information content (AvgIpc) is 3.11. The molecule has 1 saturated carbocycles. The molecule has 0 aromatic heterocycles. The number of hydrogen-bond donors (Lipinski definition) is 1. The molecule has 0 bridgehead atoms. The van der Waals surface area contributed by atoms with Crippen LogP contribution in [0.5, 0.6) is 5.75 Å². The lowest BCUT2D eigenvalue weighted by atomic mass is 9.93. The second-order valence-electron chi connectivity index (χ2n) is 6.57. The molecule has 1 aromatic rings. The Morgan fingerprint density at radius 3 is 2.68 bits per heavy atom. The summed E-state index contributed by atoms with van der Waals surface area (Å²) in [6, 6.07) is 6.99. The molecule has 19 heavy (non-hydrogen) atoms. The maximum atomic E-state index is 5.96. The Balaban J connectivity index is 1.93. The van der Waals surface area contributed by atoms with E-state index in [4.69, 9.17) is 4.74 Å². The highest BCUT2D eigenvalue weighted by Gasteiger charge is 2.20. The number of halogens is 1. The highest BCUT2D eigenvalue weighted by Crippen LogP contribution is 2.26. The summed E-state index contributed by atoms with van der Waals surface area (Å²) in [5, 5.41) is 3.55. The standard InChI is InChI=1S/C16H24BrNO/c1-16(2,3)8-9-19-15-7-4-13(17)10-12(15)11-18-14-5-6-14/h4,7,10,14,18H,5-6,8-9,11H2,1-3H3. The molecule has 0 saturated heterocycles. The van der Waals surface area contributed by atoms with E-state index in [2.05, 4.69) is 54.2 Å². The molecule has 106 valence electrons. The minimum absolute atomic E-state index is 0.321. The van der Waals surface area contributed by atoms with Gasteiger partial charge < -0.3 is 10.1 Å². The van der Waals surface area contributed by atoms with Crippen LogP contribution in [0.4, 0.5) is 0 Å². The van der Waals surface area contributed by atoms with Gasteiger partial charge in [-0.05, 0) is 42.9 Å². The van der Waals surface area contributed by atoms with Crippen molar-refractivity contribution < 1.29 is 4.74 Å². The smallest absolute Gasteiger partial charge is 0.123 e. The van der Waals surface area contributed by atoms with E-state index >= 15 is 0 Å². The minimum Gasteiger partial charge on any atom is -0.493 e. The van der Waals surface area contributed by atoms with Crippen LogP contribution < -0.4 is 10.1 Å². The highest BCUT2D eigenvalue weighted by molar-refractivity contribution is 9.10. The van der Waals surface area contributed by atoms with E-state index in [1.807, 2.05) is 6.07 Å². The lowest BCUT2D eigenvalue weighted by molar-refractivity contribution is 0.241. The van der Waals surface area contributed by atoms with Gasteiger partial charge in [0, 0.05) is 22.6 Å². The lowest BCUT2D eigenvalue weighted by Gasteiger charge is -2.19. The van der Waals surface area contributed by atoms with E-state index in [-0.39, 0.29) is 0 Å². The molecule has 0 radical (unpaired) electrons. The summed E-state index contributed by atoms with van der Waals surface area (Å²) in [5.41, 5.74) is 1.57. The SMILES string of the molecule is CC(C)(C)CCOc1ccc(Br)cc1CNC1CC1. The molecule has 2 nitrogen and oxygen atoms in total. The third-order valence-electron chi connectivity index (χ3n) is 3.29. The molecule has 1 aliphatic carbocycles. The maximum absolute atomic E-state index is 5.96. The number of hydrogen-bond acceptors (Lipinski definition) is 2.